The molecule has 0 radical (unpaired) electrons. The summed E-state index contributed by atoms with van der Waals surface area (Å²) in [6.45, 7) is 5.98. The summed E-state index contributed by atoms with van der Waals surface area (Å²) in [4.78, 5) is 30.1. The van der Waals surface area contributed by atoms with E-state index in [4.69, 9.17) is 4.74 Å². The van der Waals surface area contributed by atoms with Crippen molar-refractivity contribution in [1.82, 2.24) is 24.8 Å². The summed E-state index contributed by atoms with van der Waals surface area (Å²) in [5, 5.41) is 23.3. The van der Waals surface area contributed by atoms with Crippen LogP contribution in [0.1, 0.15) is 30.2 Å². The van der Waals surface area contributed by atoms with Crippen molar-refractivity contribution in [2.24, 2.45) is 5.92 Å². The highest BCUT2D eigenvalue weighted by Gasteiger charge is 2.66. The van der Waals surface area contributed by atoms with Gasteiger partial charge in [0.05, 0.1) is 41.3 Å². The number of aryl methyl sites for hydroxylation is 1. The molecule has 2 aromatic heterocycles. The molecule has 1 saturated heterocycles. The molecule has 4 heterocycles. The van der Waals surface area contributed by atoms with Crippen LogP contribution in [0.3, 0.4) is 0 Å². The molecule has 1 amide bonds. The number of halogens is 1. The Balaban J connectivity index is 1.33. The van der Waals surface area contributed by atoms with E-state index in [0.717, 1.165) is 10.9 Å². The Morgan fingerprint density at radius 1 is 1.04 bits per heavy atom. The highest BCUT2D eigenvalue weighted by molar-refractivity contribution is 6.72. The van der Waals surface area contributed by atoms with E-state index in [1.807, 2.05) is 67.6 Å². The zero-order chi connectivity index (χ0) is 32.9. The van der Waals surface area contributed by atoms with Crippen molar-refractivity contribution in [2.45, 2.75) is 63.2 Å². The zero-order valence-electron chi connectivity index (χ0n) is 26.6. The predicted molar refractivity (Wildman–Crippen MR) is 178 cm³/mol. The number of aromatic nitrogens is 5. The summed E-state index contributed by atoms with van der Waals surface area (Å²) in [6.07, 6.45) is 3.68. The van der Waals surface area contributed by atoms with Gasteiger partial charge < -0.3 is 18.9 Å². The van der Waals surface area contributed by atoms with Crippen molar-refractivity contribution in [3.8, 4) is 5.69 Å². The lowest BCUT2D eigenvalue weighted by atomic mass is 9.82. The van der Waals surface area contributed by atoms with Crippen molar-refractivity contribution in [1.29, 1.82) is 0 Å². The lowest BCUT2D eigenvalue weighted by molar-refractivity contribution is -0.146. The smallest absolute Gasteiger partial charge is 0.279 e. The second-order valence-corrected chi connectivity index (χ2v) is 16.8. The van der Waals surface area contributed by atoms with E-state index in [9.17, 15) is 14.7 Å². The molecule has 0 unspecified atom stereocenters. The van der Waals surface area contributed by atoms with Crippen LogP contribution in [-0.2, 0) is 34.6 Å². The van der Waals surface area contributed by atoms with Gasteiger partial charge in [-0.25, -0.2) is 0 Å². The highest BCUT2D eigenvalue weighted by Crippen LogP contribution is 2.60. The standard InChI is InChI=1S/C35H37FN6O4Si/c1-23-32(47(2,3)36)31(15-17-40-22-26(16-18-43)38-39-40)46-35(23)29-19-27(42-33(44)28-12-8-7-11-25(28)20-37-42)13-14-30(29)41(34(35)45)21-24-9-5-4-6-10-24/h4-14,19-20,22-23,31-32,43H,15-18,21H2,1-3H3/t23-,31+,32-,35+/m1/s1. The highest BCUT2D eigenvalue weighted by atomic mass is 28.4. The van der Waals surface area contributed by atoms with E-state index in [0.29, 0.717) is 53.9 Å². The normalized spacial score (nSPS) is 22.4. The Labute approximate surface area is 272 Å². The number of fused-ring (bicyclic) bond motifs is 3. The number of carbonyl (C=O) groups excluding carboxylic acids is 1. The Hall–Kier alpha value is -4.52. The van der Waals surface area contributed by atoms with Crippen LogP contribution in [0.15, 0.2) is 90.0 Å². The molecule has 5 aromatic rings. The average molecular weight is 653 g/mol. The molecule has 7 rings (SSSR count). The van der Waals surface area contributed by atoms with Crippen LogP contribution < -0.4 is 10.5 Å². The summed E-state index contributed by atoms with van der Waals surface area (Å²) in [5.74, 6) is -0.736. The molecule has 3 aromatic carbocycles. The van der Waals surface area contributed by atoms with Gasteiger partial charge in [-0.15, -0.1) is 5.10 Å². The van der Waals surface area contributed by atoms with Crippen LogP contribution >= 0.6 is 0 Å². The van der Waals surface area contributed by atoms with E-state index >= 15 is 4.11 Å². The number of nitrogens with zero attached hydrogens (tertiary/aromatic N) is 6. The fourth-order valence-electron chi connectivity index (χ4n) is 7.57. The van der Waals surface area contributed by atoms with E-state index in [2.05, 4.69) is 15.4 Å². The largest absolute Gasteiger partial charge is 0.396 e. The molecule has 12 heteroatoms. The van der Waals surface area contributed by atoms with Gasteiger partial charge in [-0.1, -0.05) is 60.7 Å². The van der Waals surface area contributed by atoms with Gasteiger partial charge in [0.25, 0.3) is 11.5 Å². The third-order valence-electron chi connectivity index (χ3n) is 9.67. The molecule has 47 heavy (non-hydrogen) atoms. The van der Waals surface area contributed by atoms with Crippen LogP contribution in [0.25, 0.3) is 16.5 Å². The van der Waals surface area contributed by atoms with E-state index < -0.39 is 31.6 Å². The molecule has 1 N–H and O–H groups in total. The van der Waals surface area contributed by atoms with Crippen molar-refractivity contribution in [3.05, 3.63) is 112 Å². The number of carbonyl (C=O) groups is 1. The Kier molecular flexibility index (Phi) is 7.89. The number of hydrogen-bond donors (Lipinski definition) is 1. The maximum atomic E-state index is 16.4. The van der Waals surface area contributed by atoms with E-state index in [1.54, 1.807) is 47.2 Å². The quantitative estimate of drug-likeness (QED) is 0.178. The van der Waals surface area contributed by atoms with Gasteiger partial charge in [0.15, 0.2) is 5.60 Å². The molecule has 4 atom stereocenters. The topological polar surface area (TPSA) is 115 Å². The molecule has 242 valence electrons. The summed E-state index contributed by atoms with van der Waals surface area (Å²) in [7, 11) is -3.40. The van der Waals surface area contributed by atoms with Gasteiger partial charge in [-0.05, 0) is 49.3 Å². The van der Waals surface area contributed by atoms with Crippen molar-refractivity contribution in [2.75, 3.05) is 11.5 Å². The van der Waals surface area contributed by atoms with Gasteiger partial charge in [-0.3, -0.25) is 14.3 Å². The lowest BCUT2D eigenvalue weighted by Crippen LogP contribution is -2.45. The first-order valence-electron chi connectivity index (χ1n) is 16.0. The van der Waals surface area contributed by atoms with Gasteiger partial charge in [0.2, 0.25) is 8.41 Å². The zero-order valence-corrected chi connectivity index (χ0v) is 27.6. The molecule has 2 aliphatic rings. The summed E-state index contributed by atoms with van der Waals surface area (Å²) >= 11 is 0. The molecule has 10 nitrogen and oxygen atoms in total. The summed E-state index contributed by atoms with van der Waals surface area (Å²) in [5.41, 5.74) is 1.17. The van der Waals surface area contributed by atoms with Gasteiger partial charge in [-0.2, -0.15) is 9.78 Å². The monoisotopic (exact) mass is 652 g/mol. The third kappa shape index (κ3) is 5.30. The molecule has 1 spiro atoms. The van der Waals surface area contributed by atoms with Gasteiger partial charge >= 0.3 is 0 Å². The first-order valence-corrected chi connectivity index (χ1v) is 18.9. The lowest BCUT2D eigenvalue weighted by Gasteiger charge is -2.31. The van der Waals surface area contributed by atoms with Crippen LogP contribution in [-0.4, -0.2) is 56.9 Å². The number of hydrogen-bond acceptors (Lipinski definition) is 7. The molecular weight excluding hydrogens is 616 g/mol. The molecular formula is C35H37FN6O4Si. The number of anilines is 1. The molecule has 0 aliphatic carbocycles. The first kappa shape index (κ1) is 31.1. The SMILES string of the molecule is C[C@@H]1[C@@H]([Si](C)(C)F)[C@H](CCn2cc(CCO)nn2)O[C@@]12C(=O)N(Cc1ccccc1)c1ccc(-n3ncc4ccccc4c3=O)cc12. The van der Waals surface area contributed by atoms with E-state index in [1.165, 1.54) is 4.68 Å². The number of ether oxygens (including phenoxy) is 1. The summed E-state index contributed by atoms with van der Waals surface area (Å²) in [6, 6.07) is 22.5. The maximum Gasteiger partial charge on any atom is 0.279 e. The van der Waals surface area contributed by atoms with Crippen molar-refractivity contribution < 1.29 is 18.7 Å². The molecule has 0 saturated carbocycles. The predicted octanol–water partition coefficient (Wildman–Crippen LogP) is 4.92. The van der Waals surface area contributed by atoms with Crippen LogP contribution in [0.2, 0.25) is 18.6 Å². The Bertz CT molecular complexity index is 2010. The minimum atomic E-state index is -3.40. The fourth-order valence-corrected chi connectivity index (χ4v) is 10.1. The molecule has 0 bridgehead atoms. The minimum absolute atomic E-state index is 0.0297. The van der Waals surface area contributed by atoms with E-state index in [-0.39, 0.29) is 18.1 Å². The van der Waals surface area contributed by atoms with Crippen molar-refractivity contribution in [3.63, 3.8) is 0 Å². The minimum Gasteiger partial charge on any atom is -0.396 e. The van der Waals surface area contributed by atoms with Crippen LogP contribution in [0.4, 0.5) is 9.80 Å². The third-order valence-corrected chi connectivity index (χ3v) is 12.1. The van der Waals surface area contributed by atoms with Crippen LogP contribution in [0, 0.1) is 5.92 Å². The second kappa shape index (κ2) is 11.9. The summed E-state index contributed by atoms with van der Waals surface area (Å²) < 4.78 is 26.3. The van der Waals surface area contributed by atoms with Crippen molar-refractivity contribution >= 4 is 30.8 Å². The van der Waals surface area contributed by atoms with Gasteiger partial charge in [0.1, 0.15) is 0 Å². The average Bonchev–Trinajstić information content (AvgIpc) is 3.70. The second-order valence-electron chi connectivity index (χ2n) is 13.0. The first-order chi connectivity index (χ1) is 22.6. The fraction of sp³-hybridized carbons (Fsp3) is 0.343. The molecule has 1 fully saturated rings. The number of amides is 1. The number of aliphatic hydroxyl groups is 1. The Morgan fingerprint density at radius 2 is 1.81 bits per heavy atom. The van der Waals surface area contributed by atoms with Crippen LogP contribution in [0.5, 0.6) is 0 Å². The molecule has 2 aliphatic heterocycles. The van der Waals surface area contributed by atoms with Gasteiger partial charge in [0, 0.05) is 48.2 Å². The number of rotatable bonds is 9. The number of aliphatic hydroxyl groups excluding tert-OH is 1. The number of benzene rings is 3. The Morgan fingerprint density at radius 3 is 2.57 bits per heavy atom. The maximum absolute atomic E-state index is 16.4.